The van der Waals surface area contributed by atoms with Gasteiger partial charge in [0.25, 0.3) is 5.91 Å². The Morgan fingerprint density at radius 1 is 1.18 bits per heavy atom. The normalized spacial score (nSPS) is 20.2. The molecular formula is C12H10F2N2O5S. The number of imide groups is 1. The zero-order valence-electron chi connectivity index (χ0n) is 11.0. The minimum atomic E-state index is -4.22. The third-order valence-electron chi connectivity index (χ3n) is 3.49. The van der Waals surface area contributed by atoms with E-state index in [4.69, 9.17) is 0 Å². The van der Waals surface area contributed by atoms with E-state index in [0.29, 0.717) is 6.07 Å². The van der Waals surface area contributed by atoms with Gasteiger partial charge in [0, 0.05) is 13.1 Å². The van der Waals surface area contributed by atoms with E-state index in [1.807, 2.05) is 0 Å². The molecule has 1 aromatic carbocycles. The summed E-state index contributed by atoms with van der Waals surface area (Å²) in [4.78, 5) is 22.9. The van der Waals surface area contributed by atoms with Crippen molar-refractivity contribution in [3.05, 3.63) is 29.8 Å². The SMILES string of the molecule is O=C1COC(=O)N1C1CN(S(=O)(=O)c2cc(F)ccc2F)C1. The van der Waals surface area contributed by atoms with Crippen LogP contribution < -0.4 is 0 Å². The van der Waals surface area contributed by atoms with Gasteiger partial charge in [-0.1, -0.05) is 0 Å². The van der Waals surface area contributed by atoms with Gasteiger partial charge in [-0.15, -0.1) is 0 Å². The van der Waals surface area contributed by atoms with Crippen LogP contribution in [0.25, 0.3) is 0 Å². The molecule has 22 heavy (non-hydrogen) atoms. The molecular weight excluding hydrogens is 322 g/mol. The molecule has 2 fully saturated rings. The van der Waals surface area contributed by atoms with Gasteiger partial charge in [0.15, 0.2) is 6.61 Å². The van der Waals surface area contributed by atoms with Crippen molar-refractivity contribution in [1.29, 1.82) is 0 Å². The second-order valence-corrected chi connectivity index (χ2v) is 6.78. The molecule has 0 radical (unpaired) electrons. The Morgan fingerprint density at radius 3 is 2.45 bits per heavy atom. The largest absolute Gasteiger partial charge is 0.439 e. The fourth-order valence-corrected chi connectivity index (χ4v) is 3.90. The Hall–Kier alpha value is -2.07. The minimum Gasteiger partial charge on any atom is -0.439 e. The summed E-state index contributed by atoms with van der Waals surface area (Å²) in [5.74, 6) is -2.50. The summed E-state index contributed by atoms with van der Waals surface area (Å²) in [6.45, 7) is -0.737. The first kappa shape index (κ1) is 14.9. The van der Waals surface area contributed by atoms with Gasteiger partial charge in [-0.05, 0) is 18.2 Å². The highest BCUT2D eigenvalue weighted by atomic mass is 32.2. The second kappa shape index (κ2) is 4.99. The van der Waals surface area contributed by atoms with Gasteiger partial charge in [-0.3, -0.25) is 4.79 Å². The molecule has 2 saturated heterocycles. The van der Waals surface area contributed by atoms with Crippen LogP contribution in [0, 0.1) is 11.6 Å². The third kappa shape index (κ3) is 2.24. The molecule has 10 heteroatoms. The van der Waals surface area contributed by atoms with Crippen LogP contribution in [0.4, 0.5) is 13.6 Å². The molecule has 0 saturated carbocycles. The summed E-state index contributed by atoms with van der Waals surface area (Å²) in [6, 6.07) is 1.47. The highest BCUT2D eigenvalue weighted by Crippen LogP contribution is 2.28. The highest BCUT2D eigenvalue weighted by Gasteiger charge is 2.47. The lowest BCUT2D eigenvalue weighted by atomic mass is 10.1. The van der Waals surface area contributed by atoms with Crippen molar-refractivity contribution in [2.75, 3.05) is 19.7 Å². The van der Waals surface area contributed by atoms with Crippen molar-refractivity contribution in [2.45, 2.75) is 10.9 Å². The maximum atomic E-state index is 13.6. The fraction of sp³-hybridized carbons (Fsp3) is 0.333. The van der Waals surface area contributed by atoms with Gasteiger partial charge >= 0.3 is 6.09 Å². The molecule has 0 N–H and O–H groups in total. The molecule has 1 aromatic rings. The summed E-state index contributed by atoms with van der Waals surface area (Å²) in [5, 5.41) is 0. The van der Waals surface area contributed by atoms with E-state index in [-0.39, 0.29) is 19.7 Å². The molecule has 0 bridgehead atoms. The van der Waals surface area contributed by atoms with Gasteiger partial charge in [0.1, 0.15) is 16.5 Å². The maximum Gasteiger partial charge on any atom is 0.417 e. The molecule has 0 unspecified atom stereocenters. The van der Waals surface area contributed by atoms with Crippen LogP contribution in [0.5, 0.6) is 0 Å². The van der Waals surface area contributed by atoms with E-state index >= 15 is 0 Å². The van der Waals surface area contributed by atoms with E-state index in [0.717, 1.165) is 21.3 Å². The molecule has 0 atom stereocenters. The molecule has 2 amide bonds. The van der Waals surface area contributed by atoms with E-state index < -0.39 is 44.6 Å². The number of benzene rings is 1. The van der Waals surface area contributed by atoms with Crippen LogP contribution in [0.1, 0.15) is 0 Å². The number of hydrogen-bond acceptors (Lipinski definition) is 5. The number of sulfonamides is 1. The molecule has 118 valence electrons. The summed E-state index contributed by atoms with van der Waals surface area (Å²) < 4.78 is 56.5. The van der Waals surface area contributed by atoms with Crippen LogP contribution in [-0.4, -0.2) is 55.4 Å². The van der Waals surface area contributed by atoms with Crippen LogP contribution in [0.3, 0.4) is 0 Å². The lowest BCUT2D eigenvalue weighted by Crippen LogP contribution is -2.62. The van der Waals surface area contributed by atoms with Crippen molar-refractivity contribution in [3.63, 3.8) is 0 Å². The first-order valence-corrected chi connectivity index (χ1v) is 7.69. The Kier molecular flexibility index (Phi) is 3.37. The number of hydrogen-bond donors (Lipinski definition) is 0. The molecule has 0 aromatic heterocycles. The van der Waals surface area contributed by atoms with Gasteiger partial charge in [-0.2, -0.15) is 4.31 Å². The average molecular weight is 332 g/mol. The zero-order valence-corrected chi connectivity index (χ0v) is 11.8. The second-order valence-electron chi connectivity index (χ2n) is 4.87. The number of nitrogens with zero attached hydrogens (tertiary/aromatic N) is 2. The van der Waals surface area contributed by atoms with E-state index in [1.54, 1.807) is 0 Å². The van der Waals surface area contributed by atoms with Gasteiger partial charge in [0.2, 0.25) is 10.0 Å². The first-order valence-electron chi connectivity index (χ1n) is 6.24. The van der Waals surface area contributed by atoms with E-state index in [9.17, 15) is 26.8 Å². The monoisotopic (exact) mass is 332 g/mol. The lowest BCUT2D eigenvalue weighted by molar-refractivity contribution is -0.128. The Balaban J connectivity index is 1.78. The summed E-state index contributed by atoms with van der Waals surface area (Å²) in [6.07, 6.45) is -0.830. The van der Waals surface area contributed by atoms with Crippen molar-refractivity contribution in [1.82, 2.24) is 9.21 Å². The smallest absolute Gasteiger partial charge is 0.417 e. The number of ether oxygens (including phenoxy) is 1. The predicted octanol–water partition coefficient (Wildman–Crippen LogP) is 0.316. The minimum absolute atomic E-state index is 0.181. The Morgan fingerprint density at radius 2 is 1.86 bits per heavy atom. The number of halogens is 2. The third-order valence-corrected chi connectivity index (χ3v) is 5.34. The molecule has 3 rings (SSSR count). The van der Waals surface area contributed by atoms with Gasteiger partial charge < -0.3 is 4.74 Å². The maximum absolute atomic E-state index is 13.6. The highest BCUT2D eigenvalue weighted by molar-refractivity contribution is 7.89. The van der Waals surface area contributed by atoms with Crippen molar-refractivity contribution >= 4 is 22.0 Å². The lowest BCUT2D eigenvalue weighted by Gasteiger charge is -2.40. The van der Waals surface area contributed by atoms with Crippen molar-refractivity contribution in [3.8, 4) is 0 Å². The molecule has 0 aliphatic carbocycles. The average Bonchev–Trinajstić information content (AvgIpc) is 2.71. The summed E-state index contributed by atoms with van der Waals surface area (Å²) in [5.41, 5.74) is 0. The van der Waals surface area contributed by atoms with E-state index in [1.165, 1.54) is 0 Å². The number of cyclic esters (lactones) is 1. The molecule has 2 aliphatic rings. The zero-order chi connectivity index (χ0) is 16.1. The summed E-state index contributed by atoms with van der Waals surface area (Å²) in [7, 11) is -4.22. The summed E-state index contributed by atoms with van der Waals surface area (Å²) >= 11 is 0. The molecule has 2 aliphatic heterocycles. The number of carbonyl (C=O) groups is 2. The molecule has 2 heterocycles. The molecule has 0 spiro atoms. The van der Waals surface area contributed by atoms with Crippen LogP contribution in [-0.2, 0) is 19.6 Å². The first-order chi connectivity index (χ1) is 10.3. The quantitative estimate of drug-likeness (QED) is 0.796. The van der Waals surface area contributed by atoms with Gasteiger partial charge in [0.05, 0.1) is 6.04 Å². The topological polar surface area (TPSA) is 84.0 Å². The van der Waals surface area contributed by atoms with Crippen molar-refractivity contribution < 1.29 is 31.5 Å². The van der Waals surface area contributed by atoms with Gasteiger partial charge in [-0.25, -0.2) is 26.9 Å². The number of carbonyl (C=O) groups excluding carboxylic acids is 2. The van der Waals surface area contributed by atoms with Crippen LogP contribution in [0.2, 0.25) is 0 Å². The number of rotatable bonds is 3. The van der Waals surface area contributed by atoms with Crippen LogP contribution >= 0.6 is 0 Å². The fourth-order valence-electron chi connectivity index (χ4n) is 2.31. The van der Waals surface area contributed by atoms with Crippen molar-refractivity contribution in [2.24, 2.45) is 0 Å². The Labute approximate surface area is 124 Å². The van der Waals surface area contributed by atoms with E-state index in [2.05, 4.69) is 4.74 Å². The standard InChI is InChI=1S/C12H10F2N2O5S/c13-7-1-2-9(14)10(3-7)22(19,20)15-4-8(5-15)16-11(17)6-21-12(16)18/h1-3,8H,4-6H2. The molecule has 7 nitrogen and oxygen atoms in total. The Bertz CT molecular complexity index is 745. The predicted molar refractivity (Wildman–Crippen MR) is 67.1 cm³/mol. The van der Waals surface area contributed by atoms with Crippen LogP contribution in [0.15, 0.2) is 23.1 Å². The number of amides is 2.